The normalized spacial score (nSPS) is 10.9. The Morgan fingerprint density at radius 2 is 1.75 bits per heavy atom. The smallest absolute Gasteiger partial charge is 0.271 e. The molecule has 0 unspecified atom stereocenters. The number of nitrogens with one attached hydrogen (secondary N) is 2. The van der Waals surface area contributed by atoms with Crippen LogP contribution in [0.4, 0.5) is 24.7 Å². The molecule has 0 radical (unpaired) electrons. The van der Waals surface area contributed by atoms with E-state index in [1.165, 1.54) is 36.7 Å². The first kappa shape index (κ1) is 28.2. The molecule has 0 atom stereocenters. The SMILES string of the molecule is CCCNc1cc(Oc2cc(F)c(NC(=O)c3c(OC(C)C)ccn(-c4ccc(F)cc4)c3=O)cc2F)ccn1. The lowest BCUT2D eigenvalue weighted by atomic mass is 10.2. The molecule has 4 aromatic rings. The van der Waals surface area contributed by atoms with Gasteiger partial charge in [0.2, 0.25) is 0 Å². The Morgan fingerprint density at radius 3 is 2.45 bits per heavy atom. The standard InChI is InChI=1S/C29H27F3N4O4/c1-4-11-33-26-14-20(9-12-34-26)40-25-16-21(31)23(15-22(25)32)35-28(37)27-24(39-17(2)3)10-13-36(29(27)38)19-7-5-18(30)6-8-19/h5-10,12-17H,4,11H2,1-3H3,(H,33,34)(H,35,37). The Morgan fingerprint density at radius 1 is 1.00 bits per heavy atom. The van der Waals surface area contributed by atoms with E-state index in [0.717, 1.165) is 35.3 Å². The van der Waals surface area contributed by atoms with E-state index in [0.29, 0.717) is 18.1 Å². The van der Waals surface area contributed by atoms with Crippen LogP contribution in [0.25, 0.3) is 5.69 Å². The van der Waals surface area contributed by atoms with Crippen LogP contribution in [0.5, 0.6) is 17.2 Å². The summed E-state index contributed by atoms with van der Waals surface area (Å²) in [5.74, 6) is -3.20. The van der Waals surface area contributed by atoms with Gasteiger partial charge in [-0.25, -0.2) is 18.2 Å². The molecular weight excluding hydrogens is 525 g/mol. The summed E-state index contributed by atoms with van der Waals surface area (Å²) in [6.45, 7) is 6.07. The molecule has 8 nitrogen and oxygen atoms in total. The predicted molar refractivity (Wildman–Crippen MR) is 145 cm³/mol. The molecule has 2 aromatic carbocycles. The van der Waals surface area contributed by atoms with Crippen LogP contribution in [-0.2, 0) is 0 Å². The molecule has 2 heterocycles. The molecule has 0 spiro atoms. The highest BCUT2D eigenvalue weighted by Gasteiger charge is 2.23. The van der Waals surface area contributed by atoms with Gasteiger partial charge in [0.05, 0.1) is 11.8 Å². The number of carbonyl (C=O) groups excluding carboxylic acids is 1. The van der Waals surface area contributed by atoms with Crippen molar-refractivity contribution in [3.05, 3.63) is 100 Å². The fraction of sp³-hybridized carbons (Fsp3) is 0.207. The van der Waals surface area contributed by atoms with Crippen LogP contribution < -0.4 is 25.7 Å². The van der Waals surface area contributed by atoms with Gasteiger partial charge in [0.1, 0.15) is 28.7 Å². The van der Waals surface area contributed by atoms with E-state index in [-0.39, 0.29) is 11.5 Å². The third-order valence-corrected chi connectivity index (χ3v) is 5.53. The second kappa shape index (κ2) is 12.4. The van der Waals surface area contributed by atoms with E-state index in [2.05, 4.69) is 15.6 Å². The summed E-state index contributed by atoms with van der Waals surface area (Å²) >= 11 is 0. The second-order valence-electron chi connectivity index (χ2n) is 9.00. The molecule has 0 aliphatic rings. The van der Waals surface area contributed by atoms with Gasteiger partial charge in [-0.2, -0.15) is 0 Å². The summed E-state index contributed by atoms with van der Waals surface area (Å²) in [5.41, 5.74) is -1.46. The summed E-state index contributed by atoms with van der Waals surface area (Å²) in [4.78, 5) is 30.7. The Labute approximate surface area is 228 Å². The van der Waals surface area contributed by atoms with Gasteiger partial charge in [0, 0.05) is 42.8 Å². The van der Waals surface area contributed by atoms with Crippen molar-refractivity contribution in [3.8, 4) is 22.9 Å². The number of pyridine rings is 2. The van der Waals surface area contributed by atoms with Gasteiger partial charge < -0.3 is 20.1 Å². The molecule has 2 N–H and O–H groups in total. The lowest BCUT2D eigenvalue weighted by Crippen LogP contribution is -2.30. The number of hydrogen-bond acceptors (Lipinski definition) is 6. The molecule has 40 heavy (non-hydrogen) atoms. The molecule has 0 bridgehead atoms. The topological polar surface area (TPSA) is 94.5 Å². The Kier molecular flexibility index (Phi) is 8.73. The number of halogens is 3. The number of carbonyl (C=O) groups is 1. The zero-order chi connectivity index (χ0) is 28.8. The first-order chi connectivity index (χ1) is 19.2. The number of amides is 1. The van der Waals surface area contributed by atoms with Gasteiger partial charge in [-0.05, 0) is 56.7 Å². The largest absolute Gasteiger partial charge is 0.490 e. The van der Waals surface area contributed by atoms with E-state index in [1.807, 2.05) is 6.92 Å². The summed E-state index contributed by atoms with van der Waals surface area (Å²) < 4.78 is 55.6. The van der Waals surface area contributed by atoms with Crippen molar-refractivity contribution in [1.29, 1.82) is 0 Å². The molecule has 1 amide bonds. The van der Waals surface area contributed by atoms with E-state index in [1.54, 1.807) is 19.9 Å². The molecule has 0 saturated carbocycles. The Hall–Kier alpha value is -4.80. The number of benzene rings is 2. The first-order valence-electron chi connectivity index (χ1n) is 12.5. The lowest BCUT2D eigenvalue weighted by Gasteiger charge is -2.16. The maximum atomic E-state index is 15.0. The van der Waals surface area contributed by atoms with Gasteiger partial charge in [0.25, 0.3) is 11.5 Å². The third kappa shape index (κ3) is 6.60. The van der Waals surface area contributed by atoms with Crippen LogP contribution in [0.15, 0.2) is 71.8 Å². The molecule has 208 valence electrons. The van der Waals surface area contributed by atoms with Crippen molar-refractivity contribution in [3.63, 3.8) is 0 Å². The van der Waals surface area contributed by atoms with Crippen molar-refractivity contribution in [2.45, 2.75) is 33.3 Å². The fourth-order valence-corrected chi connectivity index (χ4v) is 3.72. The molecule has 0 saturated heterocycles. The maximum absolute atomic E-state index is 15.0. The first-order valence-corrected chi connectivity index (χ1v) is 12.5. The lowest BCUT2D eigenvalue weighted by molar-refractivity contribution is 0.101. The van der Waals surface area contributed by atoms with Crippen molar-refractivity contribution >= 4 is 17.4 Å². The maximum Gasteiger partial charge on any atom is 0.271 e. The van der Waals surface area contributed by atoms with Gasteiger partial charge in [0.15, 0.2) is 17.4 Å². The van der Waals surface area contributed by atoms with Crippen LogP contribution in [0, 0.1) is 17.5 Å². The number of nitrogens with zero attached hydrogens (tertiary/aromatic N) is 2. The number of hydrogen-bond donors (Lipinski definition) is 2. The molecular formula is C29H27F3N4O4. The summed E-state index contributed by atoms with van der Waals surface area (Å²) in [6.07, 6.45) is 3.31. The van der Waals surface area contributed by atoms with Crippen molar-refractivity contribution in [2.75, 3.05) is 17.2 Å². The zero-order valence-electron chi connectivity index (χ0n) is 22.0. The van der Waals surface area contributed by atoms with E-state index in [4.69, 9.17) is 9.47 Å². The minimum Gasteiger partial charge on any atom is -0.490 e. The summed E-state index contributed by atoms with van der Waals surface area (Å²) in [6, 6.07) is 11.0. The quantitative estimate of drug-likeness (QED) is 0.240. The Bertz CT molecular complexity index is 1570. The molecule has 2 aromatic heterocycles. The molecule has 0 aliphatic heterocycles. The molecule has 0 aliphatic carbocycles. The van der Waals surface area contributed by atoms with Gasteiger partial charge in [-0.3, -0.25) is 14.2 Å². The van der Waals surface area contributed by atoms with Gasteiger partial charge in [-0.15, -0.1) is 0 Å². The highest BCUT2D eigenvalue weighted by atomic mass is 19.1. The molecule has 11 heteroatoms. The fourth-order valence-electron chi connectivity index (χ4n) is 3.72. The second-order valence-corrected chi connectivity index (χ2v) is 9.00. The van der Waals surface area contributed by atoms with Crippen LogP contribution in [0.3, 0.4) is 0 Å². The number of aromatic nitrogens is 2. The summed E-state index contributed by atoms with van der Waals surface area (Å²) in [7, 11) is 0. The minimum absolute atomic E-state index is 0.0538. The number of ether oxygens (including phenoxy) is 2. The van der Waals surface area contributed by atoms with Crippen LogP contribution in [-0.4, -0.2) is 28.1 Å². The van der Waals surface area contributed by atoms with Crippen molar-refractivity contribution in [2.24, 2.45) is 0 Å². The van der Waals surface area contributed by atoms with Crippen LogP contribution in [0.2, 0.25) is 0 Å². The summed E-state index contributed by atoms with van der Waals surface area (Å²) in [5, 5.41) is 5.32. The van der Waals surface area contributed by atoms with Crippen LogP contribution in [0.1, 0.15) is 37.6 Å². The average molecular weight is 553 g/mol. The van der Waals surface area contributed by atoms with Gasteiger partial charge in [-0.1, -0.05) is 6.92 Å². The molecule has 4 rings (SSSR count). The third-order valence-electron chi connectivity index (χ3n) is 5.53. The van der Waals surface area contributed by atoms with Crippen LogP contribution >= 0.6 is 0 Å². The average Bonchev–Trinajstić information content (AvgIpc) is 2.91. The van der Waals surface area contributed by atoms with E-state index >= 15 is 4.39 Å². The van der Waals surface area contributed by atoms with E-state index in [9.17, 15) is 18.4 Å². The van der Waals surface area contributed by atoms with Crippen molar-refractivity contribution in [1.82, 2.24) is 9.55 Å². The predicted octanol–water partition coefficient (Wildman–Crippen LogP) is 6.30. The number of anilines is 2. The van der Waals surface area contributed by atoms with Gasteiger partial charge >= 0.3 is 0 Å². The molecule has 0 fully saturated rings. The Balaban J connectivity index is 1.63. The highest BCUT2D eigenvalue weighted by molar-refractivity contribution is 6.06. The highest BCUT2D eigenvalue weighted by Crippen LogP contribution is 2.30. The van der Waals surface area contributed by atoms with E-state index < -0.39 is 52.0 Å². The monoisotopic (exact) mass is 552 g/mol. The number of rotatable bonds is 10. The zero-order valence-corrected chi connectivity index (χ0v) is 22.0. The van der Waals surface area contributed by atoms with Crippen molar-refractivity contribution < 1.29 is 27.4 Å². The minimum atomic E-state index is -1.02.